The zero-order valence-electron chi connectivity index (χ0n) is 17.0. The average molecular weight is 396 g/mol. The lowest BCUT2D eigenvalue weighted by molar-refractivity contribution is 0.0963. The molecule has 3 amide bonds. The molecular formula is C22H28N4O3. The Balaban J connectivity index is 1.63. The van der Waals surface area contributed by atoms with Gasteiger partial charge in [0.05, 0.1) is 12.8 Å². The van der Waals surface area contributed by atoms with E-state index in [1.54, 1.807) is 25.2 Å². The first-order valence-corrected chi connectivity index (χ1v) is 9.83. The molecule has 0 radical (unpaired) electrons. The van der Waals surface area contributed by atoms with Crippen LogP contribution in [0, 0.1) is 0 Å². The monoisotopic (exact) mass is 396 g/mol. The van der Waals surface area contributed by atoms with Crippen LogP contribution in [0.4, 0.5) is 10.5 Å². The maximum absolute atomic E-state index is 12.8. The number of carbonyl (C=O) groups is 2. The van der Waals surface area contributed by atoms with Crippen molar-refractivity contribution in [3.05, 3.63) is 59.7 Å². The summed E-state index contributed by atoms with van der Waals surface area (Å²) in [7, 11) is 3.11. The van der Waals surface area contributed by atoms with E-state index in [2.05, 4.69) is 27.7 Å². The van der Waals surface area contributed by atoms with E-state index in [4.69, 9.17) is 4.74 Å². The van der Waals surface area contributed by atoms with Gasteiger partial charge >= 0.3 is 6.03 Å². The van der Waals surface area contributed by atoms with Gasteiger partial charge < -0.3 is 20.3 Å². The summed E-state index contributed by atoms with van der Waals surface area (Å²) in [4.78, 5) is 28.9. The summed E-state index contributed by atoms with van der Waals surface area (Å²) in [6.07, 6.45) is 0.912. The largest absolute Gasteiger partial charge is 0.495 e. The van der Waals surface area contributed by atoms with Gasteiger partial charge in [0.25, 0.3) is 5.91 Å². The van der Waals surface area contributed by atoms with Gasteiger partial charge in [-0.25, -0.2) is 4.79 Å². The molecule has 29 heavy (non-hydrogen) atoms. The quantitative estimate of drug-likeness (QED) is 0.815. The number of anilines is 1. The highest BCUT2D eigenvalue weighted by Crippen LogP contribution is 2.26. The number of rotatable bonds is 5. The summed E-state index contributed by atoms with van der Waals surface area (Å²) in [6, 6.07) is 15.2. The summed E-state index contributed by atoms with van der Waals surface area (Å²) >= 11 is 0. The predicted octanol–water partition coefficient (Wildman–Crippen LogP) is 2.79. The van der Waals surface area contributed by atoms with Gasteiger partial charge in [0.15, 0.2) is 0 Å². The number of urea groups is 1. The summed E-state index contributed by atoms with van der Waals surface area (Å²) in [6.45, 7) is 3.99. The first kappa shape index (κ1) is 20.7. The van der Waals surface area contributed by atoms with Gasteiger partial charge in [-0.05, 0) is 30.2 Å². The molecule has 0 saturated carbocycles. The first-order valence-electron chi connectivity index (χ1n) is 9.83. The number of hydrogen-bond donors (Lipinski definition) is 2. The molecule has 0 atom stereocenters. The Bertz CT molecular complexity index is 841. The van der Waals surface area contributed by atoms with Crippen molar-refractivity contribution >= 4 is 17.6 Å². The summed E-state index contributed by atoms with van der Waals surface area (Å²) < 4.78 is 5.34. The predicted molar refractivity (Wildman–Crippen MR) is 113 cm³/mol. The van der Waals surface area contributed by atoms with E-state index in [0.29, 0.717) is 30.1 Å². The van der Waals surface area contributed by atoms with Crippen LogP contribution in [0.3, 0.4) is 0 Å². The molecule has 1 aliphatic heterocycles. The Labute approximate surface area is 171 Å². The Morgan fingerprint density at radius 1 is 1.03 bits per heavy atom. The third kappa shape index (κ3) is 5.48. The number of amides is 3. The molecule has 0 unspecified atom stereocenters. The summed E-state index contributed by atoms with van der Waals surface area (Å²) in [5.41, 5.74) is 2.23. The number of carbonyl (C=O) groups excluding carboxylic acids is 2. The van der Waals surface area contributed by atoms with E-state index in [0.717, 1.165) is 26.1 Å². The lowest BCUT2D eigenvalue weighted by Crippen LogP contribution is -2.38. The van der Waals surface area contributed by atoms with Crippen LogP contribution in [0.2, 0.25) is 0 Å². The smallest absolute Gasteiger partial charge is 0.321 e. The van der Waals surface area contributed by atoms with Gasteiger partial charge in [-0.1, -0.05) is 30.3 Å². The molecule has 2 aromatic rings. The van der Waals surface area contributed by atoms with Crippen molar-refractivity contribution in [3.8, 4) is 5.75 Å². The SMILES string of the molecule is CNC(=O)c1ccc(OC)c(NC(=O)N2CCCN(Cc3ccccc3)CC2)c1. The van der Waals surface area contributed by atoms with Gasteiger partial charge in [0, 0.05) is 45.3 Å². The molecule has 0 aliphatic carbocycles. The molecule has 2 N–H and O–H groups in total. The van der Waals surface area contributed by atoms with E-state index in [1.807, 2.05) is 23.1 Å². The molecule has 3 rings (SSSR count). The van der Waals surface area contributed by atoms with Crippen molar-refractivity contribution in [1.29, 1.82) is 0 Å². The molecule has 7 nitrogen and oxygen atoms in total. The standard InChI is InChI=1S/C22H28N4O3/c1-23-21(27)18-9-10-20(29-2)19(15-18)24-22(28)26-12-6-11-25(13-14-26)16-17-7-4-3-5-8-17/h3-5,7-10,15H,6,11-14,16H2,1-2H3,(H,23,27)(H,24,28). The fraction of sp³-hybridized carbons (Fsp3) is 0.364. The molecular weight excluding hydrogens is 368 g/mol. The van der Waals surface area contributed by atoms with Gasteiger partial charge in [0.1, 0.15) is 5.75 Å². The molecule has 7 heteroatoms. The third-order valence-corrected chi connectivity index (χ3v) is 5.06. The highest BCUT2D eigenvalue weighted by atomic mass is 16.5. The lowest BCUT2D eigenvalue weighted by atomic mass is 10.1. The number of ether oxygens (including phenoxy) is 1. The minimum atomic E-state index is -0.213. The lowest BCUT2D eigenvalue weighted by Gasteiger charge is -2.23. The molecule has 0 spiro atoms. The fourth-order valence-electron chi connectivity index (χ4n) is 3.46. The minimum Gasteiger partial charge on any atom is -0.495 e. The Hall–Kier alpha value is -3.06. The van der Waals surface area contributed by atoms with Crippen LogP contribution >= 0.6 is 0 Å². The Morgan fingerprint density at radius 3 is 2.55 bits per heavy atom. The van der Waals surface area contributed by atoms with Crippen LogP contribution in [0.25, 0.3) is 0 Å². The number of hydrogen-bond acceptors (Lipinski definition) is 4. The zero-order valence-corrected chi connectivity index (χ0v) is 17.0. The second-order valence-corrected chi connectivity index (χ2v) is 7.03. The van der Waals surface area contributed by atoms with Crippen LogP contribution in [-0.4, -0.2) is 62.1 Å². The molecule has 2 aromatic carbocycles. The van der Waals surface area contributed by atoms with E-state index in [9.17, 15) is 9.59 Å². The van der Waals surface area contributed by atoms with Crippen molar-refractivity contribution in [1.82, 2.24) is 15.1 Å². The normalized spacial score (nSPS) is 14.8. The van der Waals surface area contributed by atoms with Crippen molar-refractivity contribution in [2.45, 2.75) is 13.0 Å². The van der Waals surface area contributed by atoms with Gasteiger partial charge in [-0.15, -0.1) is 0 Å². The first-order chi connectivity index (χ1) is 14.1. The second kappa shape index (κ2) is 9.93. The zero-order chi connectivity index (χ0) is 20.6. The van der Waals surface area contributed by atoms with Crippen LogP contribution in [-0.2, 0) is 6.54 Å². The number of benzene rings is 2. The highest BCUT2D eigenvalue weighted by molar-refractivity contribution is 5.97. The Morgan fingerprint density at radius 2 is 1.83 bits per heavy atom. The van der Waals surface area contributed by atoms with Crippen LogP contribution in [0.5, 0.6) is 5.75 Å². The van der Waals surface area contributed by atoms with Gasteiger partial charge in [-0.3, -0.25) is 9.69 Å². The minimum absolute atomic E-state index is 0.182. The van der Waals surface area contributed by atoms with Crippen LogP contribution in [0.15, 0.2) is 48.5 Å². The van der Waals surface area contributed by atoms with Crippen molar-refractivity contribution in [2.24, 2.45) is 0 Å². The summed E-state index contributed by atoms with van der Waals surface area (Å²) in [5.74, 6) is 0.306. The second-order valence-electron chi connectivity index (χ2n) is 7.03. The molecule has 154 valence electrons. The van der Waals surface area contributed by atoms with E-state index < -0.39 is 0 Å². The van der Waals surface area contributed by atoms with E-state index in [1.165, 1.54) is 12.7 Å². The van der Waals surface area contributed by atoms with E-state index in [-0.39, 0.29) is 11.9 Å². The fourth-order valence-corrected chi connectivity index (χ4v) is 3.46. The molecule has 0 aromatic heterocycles. The summed E-state index contributed by atoms with van der Waals surface area (Å²) in [5, 5.41) is 5.49. The van der Waals surface area contributed by atoms with Gasteiger partial charge in [-0.2, -0.15) is 0 Å². The van der Waals surface area contributed by atoms with Crippen LogP contribution < -0.4 is 15.4 Å². The van der Waals surface area contributed by atoms with Gasteiger partial charge in [0.2, 0.25) is 0 Å². The number of nitrogens with one attached hydrogen (secondary N) is 2. The van der Waals surface area contributed by atoms with Crippen molar-refractivity contribution < 1.29 is 14.3 Å². The number of nitrogens with zero attached hydrogens (tertiary/aromatic N) is 2. The maximum atomic E-state index is 12.8. The highest BCUT2D eigenvalue weighted by Gasteiger charge is 2.20. The van der Waals surface area contributed by atoms with Crippen molar-refractivity contribution in [3.63, 3.8) is 0 Å². The van der Waals surface area contributed by atoms with Crippen molar-refractivity contribution in [2.75, 3.05) is 45.7 Å². The topological polar surface area (TPSA) is 73.9 Å². The Kier molecular flexibility index (Phi) is 7.08. The average Bonchev–Trinajstić information content (AvgIpc) is 2.99. The molecule has 1 heterocycles. The third-order valence-electron chi connectivity index (χ3n) is 5.06. The van der Waals surface area contributed by atoms with E-state index >= 15 is 0 Å². The molecule has 1 fully saturated rings. The molecule has 0 bridgehead atoms. The number of methoxy groups -OCH3 is 1. The maximum Gasteiger partial charge on any atom is 0.321 e. The molecule has 1 saturated heterocycles. The van der Waals surface area contributed by atoms with Crippen LogP contribution in [0.1, 0.15) is 22.3 Å². The molecule has 1 aliphatic rings.